The molecular weight excluding hydrogens is 231 g/mol. The lowest BCUT2D eigenvalue weighted by atomic mass is 10.2. The fourth-order valence-corrected chi connectivity index (χ4v) is 2.75. The molecule has 0 saturated carbocycles. The van der Waals surface area contributed by atoms with Crippen LogP contribution in [0.3, 0.4) is 0 Å². The van der Waals surface area contributed by atoms with Crippen molar-refractivity contribution in [3.05, 3.63) is 41.2 Å². The Kier molecular flexibility index (Phi) is 3.23. The number of rotatable bonds is 3. The molecule has 0 aliphatic rings. The average Bonchev–Trinajstić information content (AvgIpc) is 2.65. The molecule has 5 heteroatoms. The van der Waals surface area contributed by atoms with E-state index in [2.05, 4.69) is 4.98 Å². The molecule has 0 atom stereocenters. The molecule has 1 aromatic heterocycles. The number of thioether (sulfide) groups is 1. The van der Waals surface area contributed by atoms with Gasteiger partial charge in [-0.3, -0.25) is 0 Å². The van der Waals surface area contributed by atoms with Crippen molar-refractivity contribution in [1.82, 2.24) is 4.98 Å². The lowest BCUT2D eigenvalue weighted by Crippen LogP contribution is -1.90. The predicted octanol–water partition coefficient (Wildman–Crippen LogP) is 3.16. The molecule has 0 saturated heterocycles. The van der Waals surface area contributed by atoms with Gasteiger partial charge in [-0.15, -0.1) is 11.3 Å². The summed E-state index contributed by atoms with van der Waals surface area (Å²) in [7, 11) is 0. The molecule has 2 rings (SSSR count). The molecular formula is C10H9FN2S2. The highest BCUT2D eigenvalue weighted by Gasteiger charge is 2.01. The predicted molar refractivity (Wildman–Crippen MR) is 62.5 cm³/mol. The van der Waals surface area contributed by atoms with E-state index in [-0.39, 0.29) is 5.82 Å². The second kappa shape index (κ2) is 4.63. The van der Waals surface area contributed by atoms with Crippen LogP contribution < -0.4 is 5.73 Å². The number of halogens is 1. The lowest BCUT2D eigenvalue weighted by Gasteiger charge is -2.01. The highest BCUT2D eigenvalue weighted by molar-refractivity contribution is 8.00. The van der Waals surface area contributed by atoms with Crippen LogP contribution in [0.1, 0.15) is 5.56 Å². The van der Waals surface area contributed by atoms with Crippen molar-refractivity contribution in [2.45, 2.75) is 10.1 Å². The summed E-state index contributed by atoms with van der Waals surface area (Å²) in [4.78, 5) is 4.13. The number of nitrogens with zero attached hydrogens (tertiary/aromatic N) is 1. The van der Waals surface area contributed by atoms with Gasteiger partial charge in [0.2, 0.25) is 0 Å². The number of hydrogen-bond acceptors (Lipinski definition) is 4. The molecule has 0 aliphatic heterocycles. The Hall–Kier alpha value is -1.07. The summed E-state index contributed by atoms with van der Waals surface area (Å²) < 4.78 is 14.0. The highest BCUT2D eigenvalue weighted by Crippen LogP contribution is 2.25. The van der Waals surface area contributed by atoms with Crippen molar-refractivity contribution in [2.24, 2.45) is 0 Å². The number of benzene rings is 1. The maximum absolute atomic E-state index is 13.0. The van der Waals surface area contributed by atoms with Crippen molar-refractivity contribution in [3.63, 3.8) is 0 Å². The Labute approximate surface area is 95.3 Å². The first-order chi connectivity index (χ1) is 7.24. The van der Waals surface area contributed by atoms with Gasteiger partial charge in [0.05, 0.1) is 0 Å². The minimum absolute atomic E-state index is 0.287. The average molecular weight is 240 g/mol. The molecule has 2 N–H and O–H groups in total. The third kappa shape index (κ3) is 2.94. The van der Waals surface area contributed by atoms with Gasteiger partial charge in [0.1, 0.15) is 10.2 Å². The monoisotopic (exact) mass is 240 g/mol. The van der Waals surface area contributed by atoms with E-state index in [1.54, 1.807) is 35.4 Å². The minimum atomic E-state index is -0.287. The Bertz CT molecular complexity index is 422. The van der Waals surface area contributed by atoms with Gasteiger partial charge in [-0.25, -0.2) is 9.37 Å². The summed E-state index contributed by atoms with van der Waals surface area (Å²) in [5.41, 5.74) is 6.89. The van der Waals surface area contributed by atoms with Crippen LogP contribution in [0.4, 0.5) is 10.1 Å². The zero-order valence-corrected chi connectivity index (χ0v) is 9.45. The third-order valence-corrected chi connectivity index (χ3v) is 3.79. The Balaban J connectivity index is 2.05. The van der Waals surface area contributed by atoms with E-state index < -0.39 is 0 Å². The number of aromatic nitrogens is 1. The number of nitrogens with two attached hydrogens (primary N) is 1. The van der Waals surface area contributed by atoms with E-state index in [4.69, 9.17) is 5.73 Å². The standard InChI is InChI=1S/C10H9FN2S2/c11-8-3-7(4-9(12)5-8)6-15-10-13-1-2-14-10/h1-5H,6,12H2. The first-order valence-electron chi connectivity index (χ1n) is 4.31. The summed E-state index contributed by atoms with van der Waals surface area (Å²) in [6.07, 6.45) is 1.76. The highest BCUT2D eigenvalue weighted by atomic mass is 32.2. The largest absolute Gasteiger partial charge is 0.399 e. The van der Waals surface area contributed by atoms with Crippen molar-refractivity contribution in [3.8, 4) is 0 Å². The maximum Gasteiger partial charge on any atom is 0.150 e. The van der Waals surface area contributed by atoms with Crippen LogP contribution in [0.15, 0.2) is 34.1 Å². The van der Waals surface area contributed by atoms with Crippen molar-refractivity contribution in [1.29, 1.82) is 0 Å². The van der Waals surface area contributed by atoms with E-state index in [1.807, 2.05) is 5.38 Å². The van der Waals surface area contributed by atoms with Crippen LogP contribution in [0.25, 0.3) is 0 Å². The van der Waals surface area contributed by atoms with Crippen molar-refractivity contribution in [2.75, 3.05) is 5.73 Å². The SMILES string of the molecule is Nc1cc(F)cc(CSc2nccs2)c1. The smallest absolute Gasteiger partial charge is 0.150 e. The molecule has 0 bridgehead atoms. The first kappa shape index (κ1) is 10.4. The van der Waals surface area contributed by atoms with Gasteiger partial charge < -0.3 is 5.73 Å². The van der Waals surface area contributed by atoms with Gasteiger partial charge in [-0.05, 0) is 23.8 Å². The summed E-state index contributed by atoms with van der Waals surface area (Å²) in [5.74, 6) is 0.403. The van der Waals surface area contributed by atoms with Crippen molar-refractivity contribution < 1.29 is 4.39 Å². The molecule has 0 unspecified atom stereocenters. The van der Waals surface area contributed by atoms with Crippen LogP contribution in [-0.4, -0.2) is 4.98 Å². The summed E-state index contributed by atoms with van der Waals surface area (Å²) in [5, 5.41) is 1.92. The van der Waals surface area contributed by atoms with Gasteiger partial charge in [-0.1, -0.05) is 11.8 Å². The van der Waals surface area contributed by atoms with Gasteiger partial charge in [0.25, 0.3) is 0 Å². The lowest BCUT2D eigenvalue weighted by molar-refractivity contribution is 0.627. The van der Waals surface area contributed by atoms with Gasteiger partial charge >= 0.3 is 0 Å². The molecule has 1 heterocycles. The second-order valence-electron chi connectivity index (χ2n) is 2.98. The minimum Gasteiger partial charge on any atom is -0.399 e. The molecule has 1 aromatic carbocycles. The molecule has 0 aliphatic carbocycles. The van der Waals surface area contributed by atoms with E-state index >= 15 is 0 Å². The van der Waals surface area contributed by atoms with E-state index in [0.29, 0.717) is 11.4 Å². The van der Waals surface area contributed by atoms with Gasteiger partial charge in [0.15, 0.2) is 0 Å². The van der Waals surface area contributed by atoms with Gasteiger partial charge in [0, 0.05) is 23.0 Å². The van der Waals surface area contributed by atoms with Gasteiger partial charge in [-0.2, -0.15) is 0 Å². The third-order valence-electron chi connectivity index (χ3n) is 1.75. The molecule has 2 nitrogen and oxygen atoms in total. The van der Waals surface area contributed by atoms with Crippen LogP contribution in [0.5, 0.6) is 0 Å². The van der Waals surface area contributed by atoms with Crippen LogP contribution >= 0.6 is 23.1 Å². The Morgan fingerprint density at radius 1 is 1.40 bits per heavy atom. The topological polar surface area (TPSA) is 38.9 Å². The zero-order valence-electron chi connectivity index (χ0n) is 7.81. The molecule has 15 heavy (non-hydrogen) atoms. The Morgan fingerprint density at radius 3 is 2.93 bits per heavy atom. The summed E-state index contributed by atoms with van der Waals surface area (Å²) in [6.45, 7) is 0. The van der Waals surface area contributed by atoms with E-state index in [9.17, 15) is 4.39 Å². The zero-order chi connectivity index (χ0) is 10.7. The molecule has 0 fully saturated rings. The maximum atomic E-state index is 13.0. The number of nitrogen functional groups attached to an aromatic ring is 1. The molecule has 0 radical (unpaired) electrons. The number of thiazole rings is 1. The fraction of sp³-hybridized carbons (Fsp3) is 0.100. The Morgan fingerprint density at radius 2 is 2.27 bits per heavy atom. The number of hydrogen-bond donors (Lipinski definition) is 1. The first-order valence-corrected chi connectivity index (χ1v) is 6.18. The molecule has 78 valence electrons. The molecule has 0 spiro atoms. The van der Waals surface area contributed by atoms with E-state index in [0.717, 1.165) is 9.90 Å². The molecule has 0 amide bonds. The van der Waals surface area contributed by atoms with Crippen molar-refractivity contribution >= 4 is 28.8 Å². The van der Waals surface area contributed by atoms with Crippen LogP contribution in [-0.2, 0) is 5.75 Å². The quantitative estimate of drug-likeness (QED) is 0.661. The number of anilines is 1. The fourth-order valence-electron chi connectivity index (χ4n) is 1.19. The van der Waals surface area contributed by atoms with Crippen LogP contribution in [0.2, 0.25) is 0 Å². The second-order valence-corrected chi connectivity index (χ2v) is 5.10. The molecule has 2 aromatic rings. The summed E-state index contributed by atoms with van der Waals surface area (Å²) in [6, 6.07) is 4.60. The van der Waals surface area contributed by atoms with Crippen LogP contribution in [0, 0.1) is 5.82 Å². The summed E-state index contributed by atoms with van der Waals surface area (Å²) >= 11 is 3.16. The normalized spacial score (nSPS) is 10.5. The van der Waals surface area contributed by atoms with E-state index in [1.165, 1.54) is 12.1 Å².